The minimum Gasteiger partial charge on any atom is -0.288 e. The van der Waals surface area contributed by atoms with E-state index in [1.54, 1.807) is 6.92 Å². The maximum Gasteiger partial charge on any atom is 0.186 e. The van der Waals surface area contributed by atoms with E-state index in [4.69, 9.17) is 0 Å². The summed E-state index contributed by atoms with van der Waals surface area (Å²) in [6.45, 7) is 1.60. The van der Waals surface area contributed by atoms with Gasteiger partial charge in [0, 0.05) is 18.4 Å². The topological polar surface area (TPSA) is 17.1 Å². The summed E-state index contributed by atoms with van der Waals surface area (Å²) in [6, 6.07) is 16.8. The highest BCUT2D eigenvalue weighted by Gasteiger charge is 2.00. The first-order valence-electron chi connectivity index (χ1n) is 6.11. The second kappa shape index (κ2) is 6.83. The average molecular weight is 288 g/mol. The van der Waals surface area contributed by atoms with Crippen molar-refractivity contribution in [3.8, 4) is 11.1 Å². The van der Waals surface area contributed by atoms with Gasteiger partial charge in [0.2, 0.25) is 0 Å². The van der Waals surface area contributed by atoms with Gasteiger partial charge >= 0.3 is 0 Å². The van der Waals surface area contributed by atoms with Crippen LogP contribution in [-0.4, -0.2) is 5.12 Å². The van der Waals surface area contributed by atoms with Gasteiger partial charge in [-0.15, -0.1) is 0 Å². The molecule has 3 heteroatoms. The number of carbonyl (C=O) groups excluding carboxylic acids is 1. The molecule has 0 radical (unpaired) electrons. The van der Waals surface area contributed by atoms with E-state index in [9.17, 15) is 4.79 Å². The fourth-order valence-electron chi connectivity index (χ4n) is 1.78. The summed E-state index contributed by atoms with van der Waals surface area (Å²) in [5, 5.41) is 0.159. The van der Waals surface area contributed by atoms with Gasteiger partial charge in [-0.25, -0.2) is 0 Å². The molecule has 0 fully saturated rings. The number of hydrogen-bond acceptors (Lipinski definition) is 3. The Morgan fingerprint density at radius 3 is 1.84 bits per heavy atom. The molecule has 0 aliphatic carbocycles. The quantitative estimate of drug-likeness (QED) is 0.830. The molecule has 2 aromatic rings. The second-order valence-corrected chi connectivity index (χ2v) is 5.80. The molecular weight excluding hydrogens is 272 g/mol. The number of rotatable bonds is 4. The fraction of sp³-hybridized carbons (Fsp3) is 0.188. The molecule has 0 atom stereocenters. The van der Waals surface area contributed by atoms with Crippen LogP contribution in [0.3, 0.4) is 0 Å². The van der Waals surface area contributed by atoms with Crippen LogP contribution >= 0.6 is 24.4 Å². The van der Waals surface area contributed by atoms with Crippen LogP contribution in [0.4, 0.5) is 0 Å². The molecule has 0 saturated carbocycles. The summed E-state index contributed by atoms with van der Waals surface area (Å²) in [6.07, 6.45) is 0. The van der Waals surface area contributed by atoms with Gasteiger partial charge in [-0.1, -0.05) is 60.3 Å². The van der Waals surface area contributed by atoms with Gasteiger partial charge in [0.25, 0.3) is 0 Å². The lowest BCUT2D eigenvalue weighted by Gasteiger charge is -2.05. The normalized spacial score (nSPS) is 10.4. The zero-order valence-electron chi connectivity index (χ0n) is 10.8. The lowest BCUT2D eigenvalue weighted by atomic mass is 10.0. The zero-order chi connectivity index (χ0) is 13.7. The minimum atomic E-state index is 0.159. The predicted molar refractivity (Wildman–Crippen MR) is 86.5 cm³/mol. The molecule has 0 amide bonds. The first-order chi connectivity index (χ1) is 9.19. The van der Waals surface area contributed by atoms with Crippen molar-refractivity contribution in [2.24, 2.45) is 0 Å². The predicted octanol–water partition coefficient (Wildman–Crippen LogP) is 4.56. The Bertz CT molecular complexity index is 544. The zero-order valence-corrected chi connectivity index (χ0v) is 12.5. The molecule has 0 spiro atoms. The second-order valence-electron chi connectivity index (χ2n) is 4.33. The van der Waals surface area contributed by atoms with E-state index < -0.39 is 0 Å². The lowest BCUT2D eigenvalue weighted by molar-refractivity contribution is -0.109. The highest BCUT2D eigenvalue weighted by Crippen LogP contribution is 2.22. The molecule has 0 saturated heterocycles. The summed E-state index contributed by atoms with van der Waals surface area (Å²) in [5.41, 5.74) is 4.80. The highest BCUT2D eigenvalue weighted by molar-refractivity contribution is 8.12. The van der Waals surface area contributed by atoms with Gasteiger partial charge in [-0.05, 0) is 22.3 Å². The Hall–Kier alpha value is -1.19. The van der Waals surface area contributed by atoms with Crippen LogP contribution in [0.1, 0.15) is 18.1 Å². The van der Waals surface area contributed by atoms with E-state index in [-0.39, 0.29) is 5.12 Å². The number of hydrogen-bond donors (Lipinski definition) is 1. The summed E-state index contributed by atoms with van der Waals surface area (Å²) in [7, 11) is 0. The molecule has 0 N–H and O–H groups in total. The van der Waals surface area contributed by atoms with Crippen LogP contribution in [0, 0.1) is 0 Å². The SMILES string of the molecule is CC(=O)SCc1ccc(-c2ccc(CS)cc2)cc1. The van der Waals surface area contributed by atoms with Crippen molar-refractivity contribution in [3.63, 3.8) is 0 Å². The van der Waals surface area contributed by atoms with Gasteiger partial charge in [0.05, 0.1) is 0 Å². The Morgan fingerprint density at radius 2 is 1.42 bits per heavy atom. The van der Waals surface area contributed by atoms with Crippen molar-refractivity contribution in [2.75, 3.05) is 0 Å². The standard InChI is InChI=1S/C16H16OS2/c1-12(17)19-11-14-4-8-16(9-5-14)15-6-2-13(10-18)3-7-15/h2-9,18H,10-11H2,1H3. The van der Waals surface area contributed by atoms with Gasteiger partial charge in [0.1, 0.15) is 0 Å². The third kappa shape index (κ3) is 4.15. The number of thioether (sulfide) groups is 1. The molecule has 1 nitrogen and oxygen atoms in total. The van der Waals surface area contributed by atoms with Crippen molar-refractivity contribution >= 4 is 29.5 Å². The van der Waals surface area contributed by atoms with Crippen molar-refractivity contribution in [2.45, 2.75) is 18.4 Å². The molecule has 0 bridgehead atoms. The number of carbonyl (C=O) groups is 1. The highest BCUT2D eigenvalue weighted by atomic mass is 32.2. The Kier molecular flexibility index (Phi) is 5.11. The molecule has 0 unspecified atom stereocenters. The summed E-state index contributed by atoms with van der Waals surface area (Å²) < 4.78 is 0. The fourth-order valence-corrected chi connectivity index (χ4v) is 2.55. The van der Waals surface area contributed by atoms with Gasteiger partial charge in [-0.3, -0.25) is 4.79 Å². The van der Waals surface area contributed by atoms with Crippen LogP contribution in [0.25, 0.3) is 11.1 Å². The molecule has 2 aromatic carbocycles. The van der Waals surface area contributed by atoms with Crippen LogP contribution in [0.5, 0.6) is 0 Å². The third-order valence-electron chi connectivity index (χ3n) is 2.87. The molecule has 0 aliphatic heterocycles. The summed E-state index contributed by atoms with van der Waals surface area (Å²) >= 11 is 5.60. The van der Waals surface area contributed by atoms with E-state index in [0.717, 1.165) is 11.5 Å². The Morgan fingerprint density at radius 1 is 0.947 bits per heavy atom. The Balaban J connectivity index is 2.10. The summed E-state index contributed by atoms with van der Waals surface area (Å²) in [5.74, 6) is 1.51. The summed E-state index contributed by atoms with van der Waals surface area (Å²) in [4.78, 5) is 10.9. The van der Waals surface area contributed by atoms with Crippen molar-refractivity contribution < 1.29 is 4.79 Å². The largest absolute Gasteiger partial charge is 0.288 e. The first-order valence-corrected chi connectivity index (χ1v) is 7.73. The third-order valence-corrected chi connectivity index (χ3v) is 4.12. The molecular formula is C16H16OS2. The van der Waals surface area contributed by atoms with Crippen LogP contribution < -0.4 is 0 Å². The monoisotopic (exact) mass is 288 g/mol. The smallest absolute Gasteiger partial charge is 0.186 e. The lowest BCUT2D eigenvalue weighted by Crippen LogP contribution is -1.86. The van der Waals surface area contributed by atoms with E-state index in [1.807, 2.05) is 0 Å². The van der Waals surface area contributed by atoms with E-state index >= 15 is 0 Å². The van der Waals surface area contributed by atoms with Crippen LogP contribution in [0.15, 0.2) is 48.5 Å². The molecule has 98 valence electrons. The van der Waals surface area contributed by atoms with Crippen molar-refractivity contribution in [1.82, 2.24) is 0 Å². The van der Waals surface area contributed by atoms with Gasteiger partial charge in [0.15, 0.2) is 5.12 Å². The number of benzene rings is 2. The molecule has 0 aliphatic rings. The molecule has 0 heterocycles. The molecule has 2 rings (SSSR count). The Labute approximate surface area is 123 Å². The van der Waals surface area contributed by atoms with E-state index in [1.165, 1.54) is 34.0 Å². The van der Waals surface area contributed by atoms with Gasteiger partial charge in [-0.2, -0.15) is 12.6 Å². The van der Waals surface area contributed by atoms with E-state index in [2.05, 4.69) is 61.2 Å². The van der Waals surface area contributed by atoms with Crippen molar-refractivity contribution in [3.05, 3.63) is 59.7 Å². The molecule has 19 heavy (non-hydrogen) atoms. The average Bonchev–Trinajstić information content (AvgIpc) is 2.46. The maximum absolute atomic E-state index is 10.9. The first kappa shape index (κ1) is 14.2. The van der Waals surface area contributed by atoms with Gasteiger partial charge < -0.3 is 0 Å². The minimum absolute atomic E-state index is 0.159. The molecule has 0 aromatic heterocycles. The van der Waals surface area contributed by atoms with Crippen LogP contribution in [0.2, 0.25) is 0 Å². The van der Waals surface area contributed by atoms with Crippen molar-refractivity contribution in [1.29, 1.82) is 0 Å². The number of thiol groups is 1. The van der Waals surface area contributed by atoms with Crippen LogP contribution in [-0.2, 0) is 16.3 Å². The van der Waals surface area contributed by atoms with E-state index in [0.29, 0.717) is 0 Å². The maximum atomic E-state index is 10.9.